The molecule has 4 rings (SSSR count). The van der Waals surface area contributed by atoms with Gasteiger partial charge in [0, 0.05) is 54.9 Å². The number of carbonyl (C=O) groups is 2. The van der Waals surface area contributed by atoms with E-state index in [1.165, 1.54) is 32.1 Å². The number of piperazine rings is 1. The van der Waals surface area contributed by atoms with Gasteiger partial charge in [-0.3, -0.25) is 14.5 Å². The van der Waals surface area contributed by atoms with Crippen molar-refractivity contribution in [3.63, 3.8) is 0 Å². The molecule has 1 aromatic rings. The standard InChI is InChI=1S/C20H26N2O2S/c23-18-9-14-25-19-16(18)7-4-8-17(19)20(24)22-12-10-21(11-13-22)15-5-2-1-3-6-15/h4,7-8,15H,1-3,5-6,9-14H2. The van der Waals surface area contributed by atoms with Crippen LogP contribution >= 0.6 is 11.8 Å². The van der Waals surface area contributed by atoms with Gasteiger partial charge in [0.1, 0.15) is 0 Å². The third kappa shape index (κ3) is 3.49. The Morgan fingerprint density at radius 2 is 1.80 bits per heavy atom. The summed E-state index contributed by atoms with van der Waals surface area (Å²) in [6, 6.07) is 6.33. The van der Waals surface area contributed by atoms with Gasteiger partial charge in [-0.2, -0.15) is 0 Å². The van der Waals surface area contributed by atoms with Crippen LogP contribution in [0, 0.1) is 0 Å². The van der Waals surface area contributed by atoms with Gasteiger partial charge in [-0.1, -0.05) is 31.4 Å². The molecule has 4 nitrogen and oxygen atoms in total. The lowest BCUT2D eigenvalue weighted by Crippen LogP contribution is -2.52. The molecule has 0 radical (unpaired) electrons. The van der Waals surface area contributed by atoms with Crippen LogP contribution in [0.15, 0.2) is 23.1 Å². The Balaban J connectivity index is 1.44. The highest BCUT2D eigenvalue weighted by atomic mass is 32.2. The fourth-order valence-corrected chi connectivity index (χ4v) is 5.51. The molecule has 1 saturated carbocycles. The molecule has 1 saturated heterocycles. The SMILES string of the molecule is O=C1CCSc2c1cccc2C(=O)N1CCN(C2CCCCC2)CC1. The zero-order chi connectivity index (χ0) is 17.2. The zero-order valence-corrected chi connectivity index (χ0v) is 15.5. The molecule has 0 aromatic heterocycles. The number of ketones is 1. The van der Waals surface area contributed by atoms with E-state index in [1.54, 1.807) is 11.8 Å². The first-order chi connectivity index (χ1) is 12.2. The van der Waals surface area contributed by atoms with E-state index in [2.05, 4.69) is 4.90 Å². The molecule has 1 aliphatic carbocycles. The predicted molar refractivity (Wildman–Crippen MR) is 100 cm³/mol. The highest BCUT2D eigenvalue weighted by Gasteiger charge is 2.30. The van der Waals surface area contributed by atoms with Crippen LogP contribution in [-0.2, 0) is 0 Å². The van der Waals surface area contributed by atoms with Crippen LogP contribution in [0.1, 0.15) is 59.2 Å². The lowest BCUT2D eigenvalue weighted by atomic mass is 9.94. The summed E-state index contributed by atoms with van der Waals surface area (Å²) < 4.78 is 0. The molecule has 5 heteroatoms. The number of carbonyl (C=O) groups excluding carboxylic acids is 2. The molecule has 1 aromatic carbocycles. The Hall–Kier alpha value is -1.33. The summed E-state index contributed by atoms with van der Waals surface area (Å²) in [5.41, 5.74) is 1.46. The quantitative estimate of drug-likeness (QED) is 0.812. The second-order valence-electron chi connectivity index (χ2n) is 7.32. The van der Waals surface area contributed by atoms with Crippen LogP contribution in [0.5, 0.6) is 0 Å². The van der Waals surface area contributed by atoms with Crippen molar-refractivity contribution in [1.82, 2.24) is 9.80 Å². The van der Waals surface area contributed by atoms with Gasteiger partial charge in [-0.05, 0) is 18.9 Å². The summed E-state index contributed by atoms with van der Waals surface area (Å²) >= 11 is 1.66. The lowest BCUT2D eigenvalue weighted by molar-refractivity contribution is 0.0520. The largest absolute Gasteiger partial charge is 0.336 e. The van der Waals surface area contributed by atoms with E-state index in [-0.39, 0.29) is 11.7 Å². The number of hydrogen-bond donors (Lipinski definition) is 0. The van der Waals surface area contributed by atoms with Crippen LogP contribution in [0.2, 0.25) is 0 Å². The summed E-state index contributed by atoms with van der Waals surface area (Å²) in [4.78, 5) is 30.6. The first kappa shape index (κ1) is 17.1. The topological polar surface area (TPSA) is 40.6 Å². The fraction of sp³-hybridized carbons (Fsp3) is 0.600. The third-order valence-electron chi connectivity index (χ3n) is 5.81. The minimum Gasteiger partial charge on any atom is -0.336 e. The monoisotopic (exact) mass is 358 g/mol. The molecule has 1 amide bonds. The van der Waals surface area contributed by atoms with Crippen molar-refractivity contribution in [2.75, 3.05) is 31.9 Å². The highest BCUT2D eigenvalue weighted by Crippen LogP contribution is 2.34. The summed E-state index contributed by atoms with van der Waals surface area (Å²) in [6.07, 6.45) is 7.30. The molecule has 0 atom stereocenters. The van der Waals surface area contributed by atoms with Gasteiger partial charge >= 0.3 is 0 Å². The van der Waals surface area contributed by atoms with Gasteiger partial charge in [-0.15, -0.1) is 11.8 Å². The van der Waals surface area contributed by atoms with E-state index in [1.807, 2.05) is 23.1 Å². The second kappa shape index (κ2) is 7.50. The van der Waals surface area contributed by atoms with Gasteiger partial charge in [0.2, 0.25) is 0 Å². The Morgan fingerprint density at radius 3 is 2.56 bits per heavy atom. The number of fused-ring (bicyclic) bond motifs is 1. The number of benzene rings is 1. The molecule has 2 fully saturated rings. The van der Waals surface area contributed by atoms with Crippen LogP contribution in [0.3, 0.4) is 0 Å². The van der Waals surface area contributed by atoms with Crippen LogP contribution < -0.4 is 0 Å². The molecule has 134 valence electrons. The van der Waals surface area contributed by atoms with Gasteiger partial charge in [0.25, 0.3) is 5.91 Å². The molecule has 25 heavy (non-hydrogen) atoms. The molecule has 0 spiro atoms. The third-order valence-corrected chi connectivity index (χ3v) is 6.95. The van der Waals surface area contributed by atoms with E-state index in [0.717, 1.165) is 54.0 Å². The summed E-state index contributed by atoms with van der Waals surface area (Å²) in [6.45, 7) is 3.57. The number of hydrogen-bond acceptors (Lipinski definition) is 4. The van der Waals surface area contributed by atoms with E-state index in [4.69, 9.17) is 0 Å². The number of nitrogens with zero attached hydrogens (tertiary/aromatic N) is 2. The average molecular weight is 359 g/mol. The number of thioether (sulfide) groups is 1. The molecular formula is C20H26N2O2S. The summed E-state index contributed by atoms with van der Waals surface area (Å²) in [7, 11) is 0. The van der Waals surface area contributed by atoms with Crippen molar-refractivity contribution in [1.29, 1.82) is 0 Å². The Morgan fingerprint density at radius 1 is 1.04 bits per heavy atom. The first-order valence-electron chi connectivity index (χ1n) is 9.56. The van der Waals surface area contributed by atoms with Gasteiger partial charge in [0.05, 0.1) is 5.56 Å². The summed E-state index contributed by atoms with van der Waals surface area (Å²) in [5, 5.41) is 0. The molecular weight excluding hydrogens is 332 g/mol. The van der Waals surface area contributed by atoms with Crippen molar-refractivity contribution < 1.29 is 9.59 Å². The van der Waals surface area contributed by atoms with E-state index in [0.29, 0.717) is 6.42 Å². The lowest BCUT2D eigenvalue weighted by Gasteiger charge is -2.41. The Labute approximate surface area is 153 Å². The van der Waals surface area contributed by atoms with Crippen molar-refractivity contribution in [3.05, 3.63) is 29.3 Å². The Kier molecular flexibility index (Phi) is 5.13. The normalized spacial score (nSPS) is 22.7. The number of rotatable bonds is 2. The molecule has 2 aliphatic heterocycles. The minimum atomic E-state index is 0.0994. The van der Waals surface area contributed by atoms with E-state index in [9.17, 15) is 9.59 Å². The van der Waals surface area contributed by atoms with E-state index < -0.39 is 0 Å². The van der Waals surface area contributed by atoms with Crippen LogP contribution in [-0.4, -0.2) is 59.5 Å². The van der Waals surface area contributed by atoms with Crippen molar-refractivity contribution in [2.45, 2.75) is 49.5 Å². The van der Waals surface area contributed by atoms with Crippen molar-refractivity contribution in [2.24, 2.45) is 0 Å². The molecule has 0 unspecified atom stereocenters. The average Bonchev–Trinajstić information content (AvgIpc) is 2.68. The van der Waals surface area contributed by atoms with Crippen LogP contribution in [0.25, 0.3) is 0 Å². The maximum absolute atomic E-state index is 13.0. The Bertz CT molecular complexity index is 662. The first-order valence-corrected chi connectivity index (χ1v) is 10.5. The maximum atomic E-state index is 13.0. The second-order valence-corrected chi connectivity index (χ2v) is 8.43. The van der Waals surface area contributed by atoms with Crippen LogP contribution in [0.4, 0.5) is 0 Å². The van der Waals surface area contributed by atoms with Gasteiger partial charge < -0.3 is 4.90 Å². The fourth-order valence-electron chi connectivity index (χ4n) is 4.37. The number of Topliss-reactive ketones (excluding diaryl/α,β-unsaturated/α-hetero) is 1. The van der Waals surface area contributed by atoms with Gasteiger partial charge in [-0.25, -0.2) is 0 Å². The van der Waals surface area contributed by atoms with E-state index >= 15 is 0 Å². The maximum Gasteiger partial charge on any atom is 0.255 e. The predicted octanol–water partition coefficient (Wildman–Crippen LogP) is 3.46. The highest BCUT2D eigenvalue weighted by molar-refractivity contribution is 7.99. The minimum absolute atomic E-state index is 0.0994. The van der Waals surface area contributed by atoms with Crippen molar-refractivity contribution >= 4 is 23.5 Å². The van der Waals surface area contributed by atoms with Crippen molar-refractivity contribution in [3.8, 4) is 0 Å². The molecule has 0 N–H and O–H groups in total. The summed E-state index contributed by atoms with van der Waals surface area (Å²) in [5.74, 6) is 1.05. The molecule has 2 heterocycles. The molecule has 3 aliphatic rings. The van der Waals surface area contributed by atoms with Gasteiger partial charge in [0.15, 0.2) is 5.78 Å². The number of amides is 1. The zero-order valence-electron chi connectivity index (χ0n) is 14.7. The molecule has 0 bridgehead atoms. The smallest absolute Gasteiger partial charge is 0.255 e.